The van der Waals surface area contributed by atoms with Crippen molar-refractivity contribution in [1.29, 1.82) is 0 Å². The first-order chi connectivity index (χ1) is 10.3. The van der Waals surface area contributed by atoms with Gasteiger partial charge in [-0.15, -0.1) is 0 Å². The van der Waals surface area contributed by atoms with E-state index in [0.717, 1.165) is 31.5 Å². The molecule has 1 aromatic rings. The molecule has 1 amide bonds. The van der Waals surface area contributed by atoms with E-state index in [1.807, 2.05) is 23.1 Å². The molecular weight excluding hydrogens is 266 g/mol. The number of pyridine rings is 1. The third-order valence-electron chi connectivity index (χ3n) is 3.81. The van der Waals surface area contributed by atoms with Gasteiger partial charge in [-0.1, -0.05) is 18.9 Å². The third kappa shape index (κ3) is 5.10. The lowest BCUT2D eigenvalue weighted by Crippen LogP contribution is -2.47. The Morgan fingerprint density at radius 2 is 2.33 bits per heavy atom. The summed E-state index contributed by atoms with van der Waals surface area (Å²) in [6.45, 7) is 2.62. The fourth-order valence-electron chi connectivity index (χ4n) is 2.62. The minimum atomic E-state index is -0.0620. The molecule has 1 saturated heterocycles. The van der Waals surface area contributed by atoms with Gasteiger partial charge in [0.05, 0.1) is 24.9 Å². The zero-order chi connectivity index (χ0) is 14.9. The van der Waals surface area contributed by atoms with Crippen molar-refractivity contribution in [3.63, 3.8) is 0 Å². The summed E-state index contributed by atoms with van der Waals surface area (Å²) in [5, 5.41) is 3.37. The van der Waals surface area contributed by atoms with Gasteiger partial charge in [0.2, 0.25) is 5.91 Å². The number of amides is 1. The Labute approximate surface area is 126 Å². The minimum absolute atomic E-state index is 0.0620. The van der Waals surface area contributed by atoms with Crippen molar-refractivity contribution in [2.24, 2.45) is 0 Å². The number of carbonyl (C=O) groups excluding carboxylic acids is 1. The molecule has 1 aliphatic heterocycles. The molecule has 1 unspecified atom stereocenters. The van der Waals surface area contributed by atoms with Gasteiger partial charge in [0.15, 0.2) is 0 Å². The van der Waals surface area contributed by atoms with Crippen LogP contribution in [-0.2, 0) is 16.1 Å². The molecule has 5 heteroatoms. The number of nitrogens with zero attached hydrogens (tertiary/aromatic N) is 2. The van der Waals surface area contributed by atoms with Crippen molar-refractivity contribution in [3.05, 3.63) is 30.1 Å². The van der Waals surface area contributed by atoms with Gasteiger partial charge in [-0.25, -0.2) is 0 Å². The van der Waals surface area contributed by atoms with Crippen LogP contribution in [0.15, 0.2) is 24.4 Å². The molecule has 0 bridgehead atoms. The Morgan fingerprint density at radius 3 is 3.10 bits per heavy atom. The smallest absolute Gasteiger partial charge is 0.240 e. The molecule has 1 aromatic heterocycles. The molecule has 0 radical (unpaired) electrons. The van der Waals surface area contributed by atoms with Crippen LogP contribution in [0.25, 0.3) is 0 Å². The van der Waals surface area contributed by atoms with Crippen LogP contribution < -0.4 is 5.32 Å². The molecule has 1 fully saturated rings. The van der Waals surface area contributed by atoms with Gasteiger partial charge < -0.3 is 15.0 Å². The van der Waals surface area contributed by atoms with E-state index in [-0.39, 0.29) is 11.9 Å². The van der Waals surface area contributed by atoms with Crippen LogP contribution in [0.3, 0.4) is 0 Å². The molecular formula is C16H25N3O2. The number of hydrogen-bond acceptors (Lipinski definition) is 4. The number of methoxy groups -OCH3 is 1. The largest absolute Gasteiger partial charge is 0.383 e. The van der Waals surface area contributed by atoms with Crippen LogP contribution in [-0.4, -0.2) is 48.6 Å². The van der Waals surface area contributed by atoms with E-state index in [9.17, 15) is 4.79 Å². The average Bonchev–Trinajstić information content (AvgIpc) is 2.81. The van der Waals surface area contributed by atoms with Crippen LogP contribution in [0, 0.1) is 0 Å². The highest BCUT2D eigenvalue weighted by atomic mass is 16.5. The molecule has 5 nitrogen and oxygen atoms in total. The normalized spacial score (nSPS) is 19.0. The van der Waals surface area contributed by atoms with E-state index in [4.69, 9.17) is 4.74 Å². The monoisotopic (exact) mass is 291 g/mol. The lowest BCUT2D eigenvalue weighted by Gasteiger charge is -2.27. The fraction of sp³-hybridized carbons (Fsp3) is 0.625. The first-order valence-electron chi connectivity index (χ1n) is 7.72. The number of nitrogens with one attached hydrogen (secondary N) is 1. The van der Waals surface area contributed by atoms with E-state index < -0.39 is 0 Å². The molecule has 0 saturated carbocycles. The maximum Gasteiger partial charge on any atom is 0.240 e. The number of carbonyl (C=O) groups is 1. The molecule has 0 aliphatic carbocycles. The second-order valence-electron chi connectivity index (χ2n) is 5.43. The highest BCUT2D eigenvalue weighted by Gasteiger charge is 2.25. The van der Waals surface area contributed by atoms with Crippen molar-refractivity contribution >= 4 is 5.91 Å². The average molecular weight is 291 g/mol. The SMILES string of the molecule is COCCN(Cc1ccccn1)C(=O)C1CCCCCN1. The van der Waals surface area contributed by atoms with Gasteiger partial charge in [-0.2, -0.15) is 0 Å². The molecule has 1 aliphatic rings. The second kappa shape index (κ2) is 8.74. The Morgan fingerprint density at radius 1 is 1.43 bits per heavy atom. The Bertz CT molecular complexity index is 417. The molecule has 1 atom stereocenters. The summed E-state index contributed by atoms with van der Waals surface area (Å²) in [5.74, 6) is 0.166. The van der Waals surface area contributed by atoms with Gasteiger partial charge in [-0.3, -0.25) is 9.78 Å². The summed E-state index contributed by atoms with van der Waals surface area (Å²) in [4.78, 5) is 18.9. The van der Waals surface area contributed by atoms with Crippen LogP contribution in [0.5, 0.6) is 0 Å². The molecule has 2 heterocycles. The van der Waals surface area contributed by atoms with E-state index in [1.165, 1.54) is 6.42 Å². The van der Waals surface area contributed by atoms with E-state index in [2.05, 4.69) is 10.3 Å². The lowest BCUT2D eigenvalue weighted by atomic mass is 10.1. The zero-order valence-electron chi connectivity index (χ0n) is 12.8. The summed E-state index contributed by atoms with van der Waals surface area (Å²) in [6, 6.07) is 5.73. The maximum absolute atomic E-state index is 12.7. The molecule has 21 heavy (non-hydrogen) atoms. The van der Waals surface area contributed by atoms with E-state index in [1.54, 1.807) is 13.3 Å². The summed E-state index contributed by atoms with van der Waals surface area (Å²) in [6.07, 6.45) is 6.16. The van der Waals surface area contributed by atoms with Crippen molar-refractivity contribution in [2.75, 3.05) is 26.8 Å². The van der Waals surface area contributed by atoms with Crippen molar-refractivity contribution < 1.29 is 9.53 Å². The van der Waals surface area contributed by atoms with Gasteiger partial charge in [0.1, 0.15) is 0 Å². The molecule has 0 spiro atoms. The number of hydrogen-bond donors (Lipinski definition) is 1. The highest BCUT2D eigenvalue weighted by molar-refractivity contribution is 5.81. The predicted molar refractivity (Wildman–Crippen MR) is 81.8 cm³/mol. The molecule has 0 aromatic carbocycles. The zero-order valence-corrected chi connectivity index (χ0v) is 12.8. The van der Waals surface area contributed by atoms with Crippen molar-refractivity contribution in [3.8, 4) is 0 Å². The predicted octanol–water partition coefficient (Wildman–Crippen LogP) is 1.59. The standard InChI is InChI=1S/C16H25N3O2/c1-21-12-11-19(13-14-7-4-6-9-17-14)16(20)15-8-3-2-5-10-18-15/h4,6-7,9,15,18H,2-3,5,8,10-13H2,1H3. The van der Waals surface area contributed by atoms with E-state index in [0.29, 0.717) is 19.7 Å². The quantitative estimate of drug-likeness (QED) is 0.865. The van der Waals surface area contributed by atoms with Gasteiger partial charge in [-0.05, 0) is 31.5 Å². The topological polar surface area (TPSA) is 54.5 Å². The maximum atomic E-state index is 12.7. The summed E-state index contributed by atoms with van der Waals surface area (Å²) in [5.41, 5.74) is 0.913. The van der Waals surface area contributed by atoms with Crippen LogP contribution in [0.1, 0.15) is 31.4 Å². The van der Waals surface area contributed by atoms with Crippen molar-refractivity contribution in [2.45, 2.75) is 38.3 Å². The van der Waals surface area contributed by atoms with Gasteiger partial charge in [0.25, 0.3) is 0 Å². The van der Waals surface area contributed by atoms with Gasteiger partial charge >= 0.3 is 0 Å². The first kappa shape index (κ1) is 15.9. The summed E-state index contributed by atoms with van der Waals surface area (Å²) in [7, 11) is 1.66. The van der Waals surface area contributed by atoms with E-state index >= 15 is 0 Å². The summed E-state index contributed by atoms with van der Waals surface area (Å²) >= 11 is 0. The van der Waals surface area contributed by atoms with Crippen LogP contribution >= 0.6 is 0 Å². The van der Waals surface area contributed by atoms with Crippen molar-refractivity contribution in [1.82, 2.24) is 15.2 Å². The number of ether oxygens (including phenoxy) is 1. The lowest BCUT2D eigenvalue weighted by molar-refractivity contribution is -0.135. The third-order valence-corrected chi connectivity index (χ3v) is 3.81. The number of rotatable bonds is 6. The Hall–Kier alpha value is -1.46. The Kier molecular flexibility index (Phi) is 6.63. The summed E-state index contributed by atoms with van der Waals surface area (Å²) < 4.78 is 5.14. The second-order valence-corrected chi connectivity index (χ2v) is 5.43. The molecule has 2 rings (SSSR count). The Balaban J connectivity index is 2.01. The van der Waals surface area contributed by atoms with Crippen LogP contribution in [0.4, 0.5) is 0 Å². The highest BCUT2D eigenvalue weighted by Crippen LogP contribution is 2.12. The fourth-order valence-corrected chi connectivity index (χ4v) is 2.62. The minimum Gasteiger partial charge on any atom is -0.383 e. The number of aromatic nitrogens is 1. The van der Waals surface area contributed by atoms with Crippen LogP contribution in [0.2, 0.25) is 0 Å². The first-order valence-corrected chi connectivity index (χ1v) is 7.72. The molecule has 1 N–H and O–H groups in total. The molecule has 116 valence electrons. The van der Waals surface area contributed by atoms with Gasteiger partial charge in [0, 0.05) is 19.9 Å².